The number of aromatic hydroxyl groups is 1. The summed E-state index contributed by atoms with van der Waals surface area (Å²) >= 11 is 0. The number of phenolic OH excluding ortho intramolecular Hbond substituents is 1. The molecule has 0 unspecified atom stereocenters. The number of para-hydroxylation sites is 2. The number of carbonyl (C=O) groups excluding carboxylic acids is 2. The predicted molar refractivity (Wildman–Crippen MR) is 63.2 cm³/mol. The average molecular weight is 253 g/mol. The zero-order chi connectivity index (χ0) is 13.4. The first kappa shape index (κ1) is 13.8. The fourth-order valence-electron chi connectivity index (χ4n) is 1.18. The molecule has 0 radical (unpaired) electrons. The number of nitrogens with one attached hydrogen (secondary N) is 1. The van der Waals surface area contributed by atoms with Crippen molar-refractivity contribution in [3.8, 4) is 11.5 Å². The number of benzene rings is 1. The minimum absolute atomic E-state index is 0.0279. The number of amides is 1. The lowest BCUT2D eigenvalue weighted by Gasteiger charge is -2.08. The van der Waals surface area contributed by atoms with Gasteiger partial charge in [-0.2, -0.15) is 0 Å². The Kier molecular flexibility index (Phi) is 5.50. The van der Waals surface area contributed by atoms with Gasteiger partial charge in [0.05, 0.1) is 13.5 Å². The molecule has 1 aromatic carbocycles. The van der Waals surface area contributed by atoms with Crippen LogP contribution in [0, 0.1) is 0 Å². The molecule has 1 amide bonds. The van der Waals surface area contributed by atoms with E-state index in [1.54, 1.807) is 18.2 Å². The first-order valence-corrected chi connectivity index (χ1v) is 5.38. The number of hydrogen-bond acceptors (Lipinski definition) is 5. The van der Waals surface area contributed by atoms with Crippen LogP contribution in [0.5, 0.6) is 11.5 Å². The third-order valence-corrected chi connectivity index (χ3v) is 2.10. The van der Waals surface area contributed by atoms with Crippen LogP contribution in [-0.2, 0) is 14.3 Å². The highest BCUT2D eigenvalue weighted by atomic mass is 16.5. The van der Waals surface area contributed by atoms with Crippen LogP contribution in [-0.4, -0.2) is 37.2 Å². The molecule has 98 valence electrons. The number of ether oxygens (including phenoxy) is 2. The van der Waals surface area contributed by atoms with Crippen LogP contribution < -0.4 is 10.1 Å². The number of hydrogen-bond donors (Lipinski definition) is 2. The monoisotopic (exact) mass is 253 g/mol. The van der Waals surface area contributed by atoms with Crippen molar-refractivity contribution < 1.29 is 24.2 Å². The van der Waals surface area contributed by atoms with Gasteiger partial charge < -0.3 is 19.9 Å². The molecular formula is C12H15NO5. The van der Waals surface area contributed by atoms with Crippen molar-refractivity contribution in [1.29, 1.82) is 0 Å². The number of esters is 1. The van der Waals surface area contributed by atoms with Crippen LogP contribution in [0.4, 0.5) is 0 Å². The van der Waals surface area contributed by atoms with E-state index in [9.17, 15) is 14.7 Å². The highest BCUT2D eigenvalue weighted by molar-refractivity contribution is 5.78. The lowest BCUT2D eigenvalue weighted by atomic mass is 10.3. The van der Waals surface area contributed by atoms with Crippen molar-refractivity contribution in [3.05, 3.63) is 24.3 Å². The van der Waals surface area contributed by atoms with Gasteiger partial charge in [-0.3, -0.25) is 9.59 Å². The molecule has 0 saturated heterocycles. The van der Waals surface area contributed by atoms with E-state index in [0.717, 1.165) is 0 Å². The molecule has 0 aliphatic carbocycles. The smallest absolute Gasteiger partial charge is 0.307 e. The summed E-state index contributed by atoms with van der Waals surface area (Å²) in [5.41, 5.74) is 0. The van der Waals surface area contributed by atoms with Crippen LogP contribution in [0.15, 0.2) is 24.3 Å². The quantitative estimate of drug-likeness (QED) is 0.719. The number of rotatable bonds is 6. The molecule has 0 aromatic heterocycles. The van der Waals surface area contributed by atoms with Crippen LogP contribution in [0.25, 0.3) is 0 Å². The molecule has 0 atom stereocenters. The van der Waals surface area contributed by atoms with Gasteiger partial charge in [0.2, 0.25) is 0 Å². The number of carbonyl (C=O) groups is 2. The molecule has 1 rings (SSSR count). The van der Waals surface area contributed by atoms with Crippen LogP contribution in [0.1, 0.15) is 6.42 Å². The second kappa shape index (κ2) is 7.16. The summed E-state index contributed by atoms with van der Waals surface area (Å²) in [4.78, 5) is 22.1. The second-order valence-electron chi connectivity index (χ2n) is 3.43. The van der Waals surface area contributed by atoms with Crippen LogP contribution in [0.3, 0.4) is 0 Å². The summed E-state index contributed by atoms with van der Waals surface area (Å²) in [7, 11) is 1.28. The topological polar surface area (TPSA) is 84.9 Å². The zero-order valence-corrected chi connectivity index (χ0v) is 10.0. The molecule has 0 bridgehead atoms. The Balaban J connectivity index is 2.25. The van der Waals surface area contributed by atoms with Gasteiger partial charge in [0.15, 0.2) is 18.1 Å². The van der Waals surface area contributed by atoms with E-state index in [0.29, 0.717) is 0 Å². The van der Waals surface area contributed by atoms with Gasteiger partial charge >= 0.3 is 5.97 Å². The van der Waals surface area contributed by atoms with Gasteiger partial charge in [-0.25, -0.2) is 0 Å². The third kappa shape index (κ3) is 4.73. The van der Waals surface area contributed by atoms with Crippen molar-refractivity contribution >= 4 is 11.9 Å². The standard InChI is InChI=1S/C12H15NO5/c1-17-12(16)6-7-13-11(15)8-18-10-5-3-2-4-9(10)14/h2-5,14H,6-8H2,1H3,(H,13,15). The summed E-state index contributed by atoms with van der Waals surface area (Å²) in [6.07, 6.45) is 0.110. The van der Waals surface area contributed by atoms with E-state index in [4.69, 9.17) is 4.74 Å². The van der Waals surface area contributed by atoms with Crippen molar-refractivity contribution in [3.63, 3.8) is 0 Å². The molecule has 0 spiro atoms. The van der Waals surface area contributed by atoms with E-state index >= 15 is 0 Å². The summed E-state index contributed by atoms with van der Waals surface area (Å²) in [5.74, 6) is -0.556. The molecule has 0 aliphatic rings. The van der Waals surface area contributed by atoms with Crippen LogP contribution >= 0.6 is 0 Å². The van der Waals surface area contributed by atoms with Gasteiger partial charge in [0.25, 0.3) is 5.91 Å². The number of methoxy groups -OCH3 is 1. The predicted octanol–water partition coefficient (Wildman–Crippen LogP) is 0.450. The van der Waals surface area contributed by atoms with Crippen molar-refractivity contribution in [2.24, 2.45) is 0 Å². The Morgan fingerprint density at radius 1 is 1.33 bits per heavy atom. The van der Waals surface area contributed by atoms with Gasteiger partial charge in [0.1, 0.15) is 0 Å². The minimum atomic E-state index is -0.392. The maximum absolute atomic E-state index is 11.3. The molecule has 2 N–H and O–H groups in total. The third-order valence-electron chi connectivity index (χ3n) is 2.10. The molecule has 0 heterocycles. The lowest BCUT2D eigenvalue weighted by Crippen LogP contribution is -2.30. The van der Waals surface area contributed by atoms with Gasteiger partial charge in [-0.05, 0) is 12.1 Å². The van der Waals surface area contributed by atoms with Crippen molar-refractivity contribution in [1.82, 2.24) is 5.32 Å². The average Bonchev–Trinajstić information content (AvgIpc) is 2.37. The largest absolute Gasteiger partial charge is 0.504 e. The van der Waals surface area contributed by atoms with Crippen LogP contribution in [0.2, 0.25) is 0 Å². The summed E-state index contributed by atoms with van der Waals surface area (Å²) in [6, 6.07) is 6.35. The Morgan fingerprint density at radius 3 is 2.72 bits per heavy atom. The molecular weight excluding hydrogens is 238 g/mol. The molecule has 0 fully saturated rings. The molecule has 18 heavy (non-hydrogen) atoms. The fraction of sp³-hybridized carbons (Fsp3) is 0.333. The maximum Gasteiger partial charge on any atom is 0.307 e. The zero-order valence-electron chi connectivity index (χ0n) is 10.0. The summed E-state index contributed by atoms with van der Waals surface area (Å²) in [5, 5.41) is 11.9. The van der Waals surface area contributed by atoms with E-state index in [1.807, 2.05) is 0 Å². The SMILES string of the molecule is COC(=O)CCNC(=O)COc1ccccc1O. The first-order chi connectivity index (χ1) is 8.63. The minimum Gasteiger partial charge on any atom is -0.504 e. The van der Waals surface area contributed by atoms with E-state index in [-0.39, 0.29) is 37.0 Å². The summed E-state index contributed by atoms with van der Waals surface area (Å²) < 4.78 is 9.53. The van der Waals surface area contributed by atoms with Gasteiger partial charge in [0, 0.05) is 6.54 Å². The lowest BCUT2D eigenvalue weighted by molar-refractivity contribution is -0.140. The molecule has 6 nitrogen and oxygen atoms in total. The Morgan fingerprint density at radius 2 is 2.06 bits per heavy atom. The highest BCUT2D eigenvalue weighted by Gasteiger charge is 2.06. The first-order valence-electron chi connectivity index (χ1n) is 5.38. The Labute approximate surface area is 105 Å². The fourth-order valence-corrected chi connectivity index (χ4v) is 1.18. The van der Waals surface area contributed by atoms with E-state index in [2.05, 4.69) is 10.1 Å². The Bertz CT molecular complexity index is 419. The normalized spacial score (nSPS) is 9.61. The maximum atomic E-state index is 11.3. The molecule has 0 saturated carbocycles. The van der Waals surface area contributed by atoms with Gasteiger partial charge in [-0.1, -0.05) is 12.1 Å². The molecule has 0 aliphatic heterocycles. The second-order valence-corrected chi connectivity index (χ2v) is 3.43. The van der Waals surface area contributed by atoms with Crippen molar-refractivity contribution in [2.75, 3.05) is 20.3 Å². The van der Waals surface area contributed by atoms with Gasteiger partial charge in [-0.15, -0.1) is 0 Å². The molecule has 1 aromatic rings. The van der Waals surface area contributed by atoms with Crippen molar-refractivity contribution in [2.45, 2.75) is 6.42 Å². The van der Waals surface area contributed by atoms with E-state index < -0.39 is 5.97 Å². The Hall–Kier alpha value is -2.24. The summed E-state index contributed by atoms with van der Waals surface area (Å²) in [6.45, 7) is -0.0333. The highest BCUT2D eigenvalue weighted by Crippen LogP contribution is 2.23. The molecule has 6 heteroatoms. The number of phenols is 1. The van der Waals surface area contributed by atoms with E-state index in [1.165, 1.54) is 13.2 Å².